The van der Waals surface area contributed by atoms with E-state index in [1.807, 2.05) is 26.8 Å². The number of hydrogen-bond acceptors (Lipinski definition) is 5. The van der Waals surface area contributed by atoms with E-state index in [0.717, 1.165) is 12.4 Å². The Bertz CT molecular complexity index is 383. The van der Waals surface area contributed by atoms with E-state index < -0.39 is 0 Å². The van der Waals surface area contributed by atoms with Crippen LogP contribution in [0.5, 0.6) is 5.88 Å². The van der Waals surface area contributed by atoms with Crippen molar-refractivity contribution < 1.29 is 9.47 Å². The fourth-order valence-electron chi connectivity index (χ4n) is 1.39. The quantitative estimate of drug-likeness (QED) is 0.785. The fraction of sp³-hybridized carbons (Fsp3) is 0.714. The predicted molar refractivity (Wildman–Crippen MR) is 76.5 cm³/mol. The van der Waals surface area contributed by atoms with Gasteiger partial charge in [-0.15, -0.1) is 0 Å². The zero-order chi connectivity index (χ0) is 14.3. The third-order valence-electron chi connectivity index (χ3n) is 2.79. The van der Waals surface area contributed by atoms with Crippen molar-refractivity contribution in [3.63, 3.8) is 0 Å². The minimum atomic E-state index is 0.115. The van der Waals surface area contributed by atoms with Gasteiger partial charge >= 0.3 is 0 Å². The second-order valence-electron chi connectivity index (χ2n) is 4.74. The highest BCUT2D eigenvalue weighted by Crippen LogP contribution is 2.17. The first-order chi connectivity index (χ1) is 9.06. The van der Waals surface area contributed by atoms with Gasteiger partial charge in [0.15, 0.2) is 5.82 Å². The van der Waals surface area contributed by atoms with Gasteiger partial charge in [-0.1, -0.05) is 13.8 Å². The maximum absolute atomic E-state index is 5.84. The van der Waals surface area contributed by atoms with Crippen molar-refractivity contribution in [2.24, 2.45) is 5.92 Å². The van der Waals surface area contributed by atoms with Crippen LogP contribution in [0, 0.1) is 5.92 Å². The van der Waals surface area contributed by atoms with Crippen LogP contribution in [0.3, 0.4) is 0 Å². The molecule has 0 bridgehead atoms. The lowest BCUT2D eigenvalue weighted by Gasteiger charge is -2.18. The summed E-state index contributed by atoms with van der Waals surface area (Å²) < 4.78 is 11.2. The van der Waals surface area contributed by atoms with Gasteiger partial charge in [0.05, 0.1) is 6.10 Å². The van der Waals surface area contributed by atoms with E-state index in [-0.39, 0.29) is 6.10 Å². The molecule has 1 unspecified atom stereocenters. The fourth-order valence-corrected chi connectivity index (χ4v) is 1.39. The van der Waals surface area contributed by atoms with Gasteiger partial charge in [0.2, 0.25) is 5.88 Å². The van der Waals surface area contributed by atoms with Gasteiger partial charge < -0.3 is 14.8 Å². The van der Waals surface area contributed by atoms with E-state index in [0.29, 0.717) is 30.8 Å². The zero-order valence-corrected chi connectivity index (χ0v) is 12.6. The molecule has 19 heavy (non-hydrogen) atoms. The highest BCUT2D eigenvalue weighted by Gasteiger charge is 2.12. The molecule has 0 aliphatic carbocycles. The molecule has 1 aromatic rings. The minimum absolute atomic E-state index is 0.115. The van der Waals surface area contributed by atoms with Crippen LogP contribution < -0.4 is 10.1 Å². The van der Waals surface area contributed by atoms with Crippen molar-refractivity contribution in [2.75, 3.05) is 18.5 Å². The average Bonchev–Trinajstić information content (AvgIpc) is 2.36. The van der Waals surface area contributed by atoms with Crippen LogP contribution in [0.4, 0.5) is 5.82 Å². The number of anilines is 1. The van der Waals surface area contributed by atoms with E-state index >= 15 is 0 Å². The van der Waals surface area contributed by atoms with E-state index in [1.165, 1.54) is 0 Å². The molecule has 0 radical (unpaired) electrons. The molecule has 1 atom stereocenters. The highest BCUT2D eigenvalue weighted by molar-refractivity contribution is 5.38. The Labute approximate surface area is 115 Å². The van der Waals surface area contributed by atoms with Crippen LogP contribution in [0.1, 0.15) is 40.4 Å². The first kappa shape index (κ1) is 15.7. The summed E-state index contributed by atoms with van der Waals surface area (Å²) in [4.78, 5) is 8.76. The summed E-state index contributed by atoms with van der Waals surface area (Å²) in [6.07, 6.45) is 0.115. The number of aromatic nitrogens is 2. The second-order valence-corrected chi connectivity index (χ2v) is 4.74. The van der Waals surface area contributed by atoms with Crippen LogP contribution in [0.25, 0.3) is 0 Å². The van der Waals surface area contributed by atoms with Crippen LogP contribution in [-0.4, -0.2) is 29.2 Å². The summed E-state index contributed by atoms with van der Waals surface area (Å²) in [6.45, 7) is 12.1. The molecule has 108 valence electrons. The van der Waals surface area contributed by atoms with Gasteiger partial charge in [-0.05, 0) is 26.7 Å². The van der Waals surface area contributed by atoms with Gasteiger partial charge in [0.25, 0.3) is 0 Å². The lowest BCUT2D eigenvalue weighted by Crippen LogP contribution is -2.20. The van der Waals surface area contributed by atoms with Crippen molar-refractivity contribution in [1.82, 2.24) is 9.97 Å². The van der Waals surface area contributed by atoms with E-state index in [2.05, 4.69) is 29.1 Å². The summed E-state index contributed by atoms with van der Waals surface area (Å²) in [5.74, 6) is 2.46. The molecule has 0 aromatic carbocycles. The number of rotatable bonds is 8. The first-order valence-electron chi connectivity index (χ1n) is 6.93. The predicted octanol–water partition coefficient (Wildman–Crippen LogP) is 2.87. The van der Waals surface area contributed by atoms with Gasteiger partial charge in [0, 0.05) is 19.2 Å². The van der Waals surface area contributed by atoms with Gasteiger partial charge in [-0.2, -0.15) is 4.98 Å². The Morgan fingerprint density at radius 3 is 2.53 bits per heavy atom. The molecule has 0 saturated carbocycles. The molecular formula is C14H25N3O2. The normalized spacial score (nSPS) is 12.5. The Kier molecular flexibility index (Phi) is 6.56. The Hall–Kier alpha value is -1.36. The maximum Gasteiger partial charge on any atom is 0.219 e. The van der Waals surface area contributed by atoms with Crippen LogP contribution in [0.2, 0.25) is 0 Å². The van der Waals surface area contributed by atoms with Crippen LogP contribution >= 0.6 is 0 Å². The molecule has 1 rings (SSSR count). The molecule has 0 amide bonds. The molecule has 1 N–H and O–H groups in total. The summed E-state index contributed by atoms with van der Waals surface area (Å²) in [5, 5.41) is 3.18. The molecule has 0 aliphatic rings. The summed E-state index contributed by atoms with van der Waals surface area (Å²) in [7, 11) is 0. The average molecular weight is 267 g/mol. The van der Waals surface area contributed by atoms with Crippen molar-refractivity contribution >= 4 is 5.82 Å². The van der Waals surface area contributed by atoms with Gasteiger partial charge in [-0.3, -0.25) is 0 Å². The molecule has 5 heteroatoms. The van der Waals surface area contributed by atoms with Crippen LogP contribution in [-0.2, 0) is 11.3 Å². The number of nitrogens with one attached hydrogen (secondary N) is 1. The molecule has 0 saturated heterocycles. The van der Waals surface area contributed by atoms with Crippen molar-refractivity contribution in [3.8, 4) is 5.88 Å². The smallest absolute Gasteiger partial charge is 0.219 e. The lowest BCUT2D eigenvalue weighted by atomic mass is 10.1. The molecule has 0 spiro atoms. The summed E-state index contributed by atoms with van der Waals surface area (Å²) in [5.41, 5.74) is 0. The molecule has 5 nitrogen and oxygen atoms in total. The van der Waals surface area contributed by atoms with E-state index in [1.54, 1.807) is 0 Å². The Balaban J connectivity index is 2.85. The highest BCUT2D eigenvalue weighted by atomic mass is 16.5. The summed E-state index contributed by atoms with van der Waals surface area (Å²) >= 11 is 0. The largest absolute Gasteiger partial charge is 0.474 e. The van der Waals surface area contributed by atoms with Crippen molar-refractivity contribution in [1.29, 1.82) is 0 Å². The van der Waals surface area contributed by atoms with Gasteiger partial charge in [0.1, 0.15) is 12.4 Å². The number of hydrogen-bond donors (Lipinski definition) is 1. The standard InChI is InChI=1S/C14H25N3O2/c1-6-15-12-8-14(19-11(5)10(3)4)17-13(16-12)9-18-7-2/h8,10-11H,6-7,9H2,1-5H3,(H,15,16,17). The third kappa shape index (κ3) is 5.42. The molecular weight excluding hydrogens is 242 g/mol. The maximum atomic E-state index is 5.84. The monoisotopic (exact) mass is 267 g/mol. The zero-order valence-electron chi connectivity index (χ0n) is 12.6. The third-order valence-corrected chi connectivity index (χ3v) is 2.79. The second kappa shape index (κ2) is 7.94. The Morgan fingerprint density at radius 2 is 1.95 bits per heavy atom. The lowest BCUT2D eigenvalue weighted by molar-refractivity contribution is 0.125. The van der Waals surface area contributed by atoms with Crippen molar-refractivity contribution in [2.45, 2.75) is 47.3 Å². The SMILES string of the molecule is CCNc1cc(OC(C)C(C)C)nc(COCC)n1. The molecule has 0 fully saturated rings. The minimum Gasteiger partial charge on any atom is -0.474 e. The number of nitrogens with zero attached hydrogens (tertiary/aromatic N) is 2. The van der Waals surface area contributed by atoms with E-state index in [9.17, 15) is 0 Å². The topological polar surface area (TPSA) is 56.3 Å². The number of ether oxygens (including phenoxy) is 2. The first-order valence-corrected chi connectivity index (χ1v) is 6.93. The Morgan fingerprint density at radius 1 is 1.21 bits per heavy atom. The molecule has 0 aliphatic heterocycles. The van der Waals surface area contributed by atoms with Crippen LogP contribution in [0.15, 0.2) is 6.07 Å². The van der Waals surface area contributed by atoms with Gasteiger partial charge in [-0.25, -0.2) is 4.98 Å². The van der Waals surface area contributed by atoms with E-state index in [4.69, 9.17) is 9.47 Å². The summed E-state index contributed by atoms with van der Waals surface area (Å²) in [6, 6.07) is 1.83. The molecule has 1 aromatic heterocycles. The van der Waals surface area contributed by atoms with Crippen molar-refractivity contribution in [3.05, 3.63) is 11.9 Å². The molecule has 1 heterocycles.